The molecule has 2 aromatic rings. The lowest BCUT2D eigenvalue weighted by atomic mass is 10.2. The van der Waals surface area contributed by atoms with E-state index in [0.29, 0.717) is 10.6 Å². The first-order valence-corrected chi connectivity index (χ1v) is 9.79. The molecule has 2 rings (SSSR count). The van der Waals surface area contributed by atoms with Crippen LogP contribution in [0, 0.1) is 0 Å². The zero-order chi connectivity index (χ0) is 19.5. The van der Waals surface area contributed by atoms with Crippen molar-refractivity contribution in [3.8, 4) is 0 Å². The molecule has 0 aliphatic heterocycles. The van der Waals surface area contributed by atoms with E-state index in [1.54, 1.807) is 52.0 Å². The van der Waals surface area contributed by atoms with Gasteiger partial charge in [0.2, 0.25) is 15.7 Å². The van der Waals surface area contributed by atoms with Gasteiger partial charge in [-0.25, -0.2) is 13.2 Å². The van der Waals surface area contributed by atoms with Crippen molar-refractivity contribution in [2.24, 2.45) is 0 Å². The molecule has 0 unspecified atom stereocenters. The van der Waals surface area contributed by atoms with Crippen LogP contribution in [0.4, 0.5) is 4.79 Å². The maximum Gasteiger partial charge on any atom is 0.408 e. The highest BCUT2D eigenvalue weighted by Crippen LogP contribution is 2.20. The minimum Gasteiger partial charge on any atom is -0.444 e. The van der Waals surface area contributed by atoms with Crippen LogP contribution >= 0.6 is 11.6 Å². The molecule has 26 heavy (non-hydrogen) atoms. The zero-order valence-corrected chi connectivity index (χ0v) is 16.4. The Morgan fingerprint density at radius 3 is 2.65 bits per heavy atom. The summed E-state index contributed by atoms with van der Waals surface area (Å²) in [6.45, 7) is 6.75. The van der Waals surface area contributed by atoms with Crippen LogP contribution in [0.25, 0.3) is 0 Å². The molecular formula is C16H20ClN3O5S. The Labute approximate surface area is 156 Å². The Bertz CT molecular complexity index is 889. The number of amides is 1. The molecule has 0 fully saturated rings. The minimum atomic E-state index is -3.84. The molecule has 1 heterocycles. The van der Waals surface area contributed by atoms with Crippen LogP contribution in [0.1, 0.15) is 45.2 Å². The van der Waals surface area contributed by atoms with E-state index in [1.807, 2.05) is 0 Å². The van der Waals surface area contributed by atoms with E-state index in [-0.39, 0.29) is 11.6 Å². The SMILES string of the molecule is C[C@H](NC(=O)OC(C)(C)C)c1nnc(S(=O)(=O)Cc2cccc(Cl)c2)o1. The molecule has 0 saturated heterocycles. The van der Waals surface area contributed by atoms with Crippen LogP contribution in [0.3, 0.4) is 0 Å². The van der Waals surface area contributed by atoms with Gasteiger partial charge in [-0.15, -0.1) is 5.10 Å². The fourth-order valence-corrected chi connectivity index (χ4v) is 3.31. The Morgan fingerprint density at radius 2 is 2.04 bits per heavy atom. The van der Waals surface area contributed by atoms with E-state index in [4.69, 9.17) is 20.8 Å². The third-order valence-corrected chi connectivity index (χ3v) is 4.68. The molecule has 0 radical (unpaired) electrons. The molecule has 0 spiro atoms. The lowest BCUT2D eigenvalue weighted by Crippen LogP contribution is -2.34. The normalized spacial score (nSPS) is 13.3. The lowest BCUT2D eigenvalue weighted by Gasteiger charge is -2.20. The number of nitrogens with one attached hydrogen (secondary N) is 1. The summed E-state index contributed by atoms with van der Waals surface area (Å²) in [7, 11) is -3.84. The number of hydrogen-bond acceptors (Lipinski definition) is 7. The van der Waals surface area contributed by atoms with E-state index in [2.05, 4.69) is 15.5 Å². The first-order chi connectivity index (χ1) is 12.0. The summed E-state index contributed by atoms with van der Waals surface area (Å²) < 4.78 is 35.2. The van der Waals surface area contributed by atoms with Gasteiger partial charge in [0.25, 0.3) is 0 Å². The van der Waals surface area contributed by atoms with Gasteiger partial charge in [0.15, 0.2) is 0 Å². The standard InChI is InChI=1S/C16H20ClN3O5S/c1-10(18-14(21)25-16(2,3)4)13-19-20-15(24-13)26(22,23)9-11-6-5-7-12(17)8-11/h5-8,10H,9H2,1-4H3,(H,18,21)/t10-/m0/s1. The second-order valence-corrected chi connectivity index (χ2v) is 8.97. The van der Waals surface area contributed by atoms with Crippen LogP contribution in [-0.4, -0.2) is 30.3 Å². The number of carbonyl (C=O) groups excluding carboxylic acids is 1. The molecule has 1 aromatic carbocycles. The van der Waals surface area contributed by atoms with Gasteiger partial charge in [0.05, 0.1) is 5.75 Å². The average molecular weight is 402 g/mol. The third kappa shape index (κ3) is 5.70. The predicted octanol–water partition coefficient (Wildman–Crippen LogP) is 3.28. The second-order valence-electron chi connectivity index (χ2n) is 6.66. The molecule has 0 saturated carbocycles. The monoisotopic (exact) mass is 401 g/mol. The van der Waals surface area contributed by atoms with Gasteiger partial charge in [-0.1, -0.05) is 28.8 Å². The molecule has 8 nitrogen and oxygen atoms in total. The molecular weight excluding hydrogens is 382 g/mol. The quantitative estimate of drug-likeness (QED) is 0.817. The highest BCUT2D eigenvalue weighted by molar-refractivity contribution is 7.90. The Hall–Kier alpha value is -2.13. The molecule has 1 N–H and O–H groups in total. The number of nitrogens with zero attached hydrogens (tertiary/aromatic N) is 2. The number of sulfone groups is 1. The molecule has 0 aliphatic carbocycles. The third-order valence-electron chi connectivity index (χ3n) is 3.04. The molecule has 1 atom stereocenters. The van der Waals surface area contributed by atoms with Gasteiger partial charge < -0.3 is 14.5 Å². The average Bonchev–Trinajstić information content (AvgIpc) is 2.95. The van der Waals surface area contributed by atoms with Crippen molar-refractivity contribution >= 4 is 27.5 Å². The minimum absolute atomic E-state index is 0.0412. The van der Waals surface area contributed by atoms with Crippen LogP contribution in [-0.2, 0) is 20.3 Å². The van der Waals surface area contributed by atoms with Crippen LogP contribution < -0.4 is 5.32 Å². The molecule has 10 heteroatoms. The van der Waals surface area contributed by atoms with Crippen molar-refractivity contribution in [3.05, 3.63) is 40.7 Å². The number of carbonyl (C=O) groups is 1. The van der Waals surface area contributed by atoms with Crippen LogP contribution in [0.2, 0.25) is 5.02 Å². The molecule has 1 amide bonds. The number of halogens is 1. The summed E-state index contributed by atoms with van der Waals surface area (Å²) in [4.78, 5) is 11.8. The fourth-order valence-electron chi connectivity index (χ4n) is 1.98. The van der Waals surface area contributed by atoms with Crippen molar-refractivity contribution in [1.82, 2.24) is 15.5 Å². The highest BCUT2D eigenvalue weighted by atomic mass is 35.5. The van der Waals surface area contributed by atoms with Crippen molar-refractivity contribution < 1.29 is 22.4 Å². The number of hydrogen-bond donors (Lipinski definition) is 1. The number of alkyl carbamates (subject to hydrolysis) is 1. The Balaban J connectivity index is 2.09. The summed E-state index contributed by atoms with van der Waals surface area (Å²) in [5, 5.41) is 9.69. The Kier molecular flexibility index (Phi) is 5.92. The van der Waals surface area contributed by atoms with E-state index < -0.39 is 32.8 Å². The van der Waals surface area contributed by atoms with Gasteiger partial charge in [0, 0.05) is 5.02 Å². The largest absolute Gasteiger partial charge is 0.444 e. The predicted molar refractivity (Wildman–Crippen MR) is 94.4 cm³/mol. The first kappa shape index (κ1) is 20.2. The summed E-state index contributed by atoms with van der Waals surface area (Å²) in [6, 6.07) is 5.76. The summed E-state index contributed by atoms with van der Waals surface area (Å²) in [5.41, 5.74) is -0.165. The highest BCUT2D eigenvalue weighted by Gasteiger charge is 2.26. The maximum absolute atomic E-state index is 12.4. The molecule has 1 aromatic heterocycles. The topological polar surface area (TPSA) is 111 Å². The first-order valence-electron chi connectivity index (χ1n) is 7.76. The van der Waals surface area contributed by atoms with Crippen molar-refractivity contribution in [3.63, 3.8) is 0 Å². The number of rotatable bonds is 5. The van der Waals surface area contributed by atoms with Crippen LogP contribution in [0.5, 0.6) is 0 Å². The molecule has 142 valence electrons. The van der Waals surface area contributed by atoms with Crippen LogP contribution in [0.15, 0.2) is 33.9 Å². The van der Waals surface area contributed by atoms with Crippen molar-refractivity contribution in [1.29, 1.82) is 0 Å². The summed E-state index contributed by atoms with van der Waals surface area (Å²) in [6.07, 6.45) is -0.675. The lowest BCUT2D eigenvalue weighted by molar-refractivity contribution is 0.0500. The number of benzene rings is 1. The van der Waals surface area contributed by atoms with Gasteiger partial charge in [0.1, 0.15) is 11.6 Å². The summed E-state index contributed by atoms with van der Waals surface area (Å²) >= 11 is 5.86. The van der Waals surface area contributed by atoms with E-state index >= 15 is 0 Å². The van der Waals surface area contributed by atoms with E-state index in [9.17, 15) is 13.2 Å². The van der Waals surface area contributed by atoms with Gasteiger partial charge >= 0.3 is 11.3 Å². The van der Waals surface area contributed by atoms with Gasteiger partial charge in [-0.2, -0.15) is 0 Å². The molecule has 0 bridgehead atoms. The summed E-state index contributed by atoms with van der Waals surface area (Å²) in [5.74, 6) is -0.371. The van der Waals surface area contributed by atoms with Gasteiger partial charge in [-0.3, -0.25) is 0 Å². The zero-order valence-electron chi connectivity index (χ0n) is 14.8. The van der Waals surface area contributed by atoms with E-state index in [0.717, 1.165) is 0 Å². The number of aromatic nitrogens is 2. The molecule has 0 aliphatic rings. The fraction of sp³-hybridized carbons (Fsp3) is 0.438. The maximum atomic E-state index is 12.4. The van der Waals surface area contributed by atoms with Crippen molar-refractivity contribution in [2.75, 3.05) is 0 Å². The van der Waals surface area contributed by atoms with Gasteiger partial charge in [-0.05, 0) is 45.4 Å². The van der Waals surface area contributed by atoms with E-state index in [1.165, 1.54) is 0 Å². The smallest absolute Gasteiger partial charge is 0.408 e. The second kappa shape index (κ2) is 7.63. The Morgan fingerprint density at radius 1 is 1.35 bits per heavy atom. The van der Waals surface area contributed by atoms with Crippen molar-refractivity contribution in [2.45, 2.75) is 50.3 Å². The number of ether oxygens (including phenoxy) is 1.